The molecule has 6 nitrogen and oxygen atoms in total. The van der Waals surface area contributed by atoms with Crippen LogP contribution in [-0.4, -0.2) is 16.2 Å². The molecule has 1 aromatic carbocycles. The van der Waals surface area contributed by atoms with E-state index in [0.717, 1.165) is 16.3 Å². The van der Waals surface area contributed by atoms with Crippen LogP contribution in [0.3, 0.4) is 0 Å². The predicted octanol–water partition coefficient (Wildman–Crippen LogP) is 4.17. The number of ether oxygens (including phenoxy) is 1. The first-order chi connectivity index (χ1) is 11.2. The van der Waals surface area contributed by atoms with E-state index in [4.69, 9.17) is 4.74 Å². The molecule has 23 heavy (non-hydrogen) atoms. The number of carbonyl (C=O) groups is 1. The number of carbonyl (C=O) groups excluding carboxylic acids is 1. The number of rotatable bonds is 6. The van der Waals surface area contributed by atoms with Crippen LogP contribution in [0.25, 0.3) is 10.6 Å². The first-order valence-corrected chi connectivity index (χ1v) is 8.33. The number of thiazole rings is 1. The number of nitro groups is 1. The fraction of sp³-hybridized carbons (Fsp3) is 0.0667. The Kier molecular flexibility index (Phi) is 4.45. The van der Waals surface area contributed by atoms with E-state index in [9.17, 15) is 14.9 Å². The summed E-state index contributed by atoms with van der Waals surface area (Å²) in [4.78, 5) is 25.7. The number of benzene rings is 1. The van der Waals surface area contributed by atoms with Crippen molar-refractivity contribution >= 4 is 34.6 Å². The molecule has 8 heteroatoms. The minimum atomic E-state index is -0.551. The van der Waals surface area contributed by atoms with Crippen molar-refractivity contribution in [3.63, 3.8) is 0 Å². The molecule has 0 amide bonds. The molecule has 0 aliphatic heterocycles. The summed E-state index contributed by atoms with van der Waals surface area (Å²) in [5, 5.41) is 17.5. The molecule has 3 rings (SSSR count). The van der Waals surface area contributed by atoms with Crippen LogP contribution in [0.2, 0.25) is 0 Å². The van der Waals surface area contributed by atoms with Crippen LogP contribution < -0.4 is 4.74 Å². The molecule has 0 saturated carbocycles. The summed E-state index contributed by atoms with van der Waals surface area (Å²) in [6, 6.07) is 5.92. The Morgan fingerprint density at radius 3 is 2.87 bits per heavy atom. The van der Waals surface area contributed by atoms with Crippen molar-refractivity contribution in [2.24, 2.45) is 0 Å². The zero-order valence-corrected chi connectivity index (χ0v) is 13.3. The standard InChI is InChI=1S/C15H10N2O4S2/c18-6-11-5-13(17(19)20)1-2-14(11)21-7-12-9-23-15(16-12)10-3-4-22-8-10/h1-6,8-9H,7H2. The number of nitro benzene ring substituents is 1. The van der Waals surface area contributed by atoms with Crippen LogP contribution in [0.15, 0.2) is 40.4 Å². The Hall–Kier alpha value is -2.58. The van der Waals surface area contributed by atoms with Crippen molar-refractivity contribution in [1.29, 1.82) is 0 Å². The Labute approximate surface area is 139 Å². The van der Waals surface area contributed by atoms with E-state index in [0.29, 0.717) is 12.0 Å². The Morgan fingerprint density at radius 1 is 1.30 bits per heavy atom. The number of hydrogen-bond donors (Lipinski definition) is 0. The summed E-state index contributed by atoms with van der Waals surface area (Å²) in [7, 11) is 0. The minimum Gasteiger partial charge on any atom is -0.487 e. The summed E-state index contributed by atoms with van der Waals surface area (Å²) in [5.41, 5.74) is 1.81. The monoisotopic (exact) mass is 346 g/mol. The zero-order chi connectivity index (χ0) is 16.2. The van der Waals surface area contributed by atoms with E-state index in [2.05, 4.69) is 4.98 Å². The molecule has 0 spiro atoms. The number of thiophene rings is 1. The molecule has 0 N–H and O–H groups in total. The van der Waals surface area contributed by atoms with Gasteiger partial charge in [-0.25, -0.2) is 4.98 Å². The highest BCUT2D eigenvalue weighted by Crippen LogP contribution is 2.27. The third-order valence-electron chi connectivity index (χ3n) is 3.03. The van der Waals surface area contributed by atoms with Gasteiger partial charge in [-0.2, -0.15) is 11.3 Å². The lowest BCUT2D eigenvalue weighted by Gasteiger charge is -2.06. The van der Waals surface area contributed by atoms with Crippen molar-refractivity contribution in [2.75, 3.05) is 0 Å². The lowest BCUT2D eigenvalue weighted by molar-refractivity contribution is -0.384. The molecule has 0 aliphatic carbocycles. The van der Waals surface area contributed by atoms with Gasteiger partial charge in [-0.1, -0.05) is 0 Å². The highest BCUT2D eigenvalue weighted by molar-refractivity contribution is 7.14. The molecule has 116 valence electrons. The van der Waals surface area contributed by atoms with Gasteiger partial charge in [-0.15, -0.1) is 11.3 Å². The maximum Gasteiger partial charge on any atom is 0.270 e. The number of nitrogens with zero attached hydrogens (tertiary/aromatic N) is 2. The highest BCUT2D eigenvalue weighted by atomic mass is 32.1. The van der Waals surface area contributed by atoms with Gasteiger partial charge in [0.2, 0.25) is 0 Å². The maximum absolute atomic E-state index is 11.1. The van der Waals surface area contributed by atoms with Crippen LogP contribution in [-0.2, 0) is 6.61 Å². The molecule has 0 radical (unpaired) electrons. The van der Waals surface area contributed by atoms with Crippen molar-refractivity contribution in [3.05, 3.63) is 61.8 Å². The summed E-state index contributed by atoms with van der Waals surface area (Å²) in [6.07, 6.45) is 0.542. The average Bonchev–Trinajstić information content (AvgIpc) is 3.23. The van der Waals surface area contributed by atoms with Gasteiger partial charge in [0.15, 0.2) is 6.29 Å². The summed E-state index contributed by atoms with van der Waals surface area (Å²) in [5.74, 6) is 0.302. The van der Waals surface area contributed by atoms with Gasteiger partial charge < -0.3 is 4.74 Å². The van der Waals surface area contributed by atoms with Gasteiger partial charge in [0.1, 0.15) is 17.4 Å². The van der Waals surface area contributed by atoms with Crippen LogP contribution in [0.5, 0.6) is 5.75 Å². The van der Waals surface area contributed by atoms with Crippen molar-refractivity contribution in [3.8, 4) is 16.3 Å². The Bertz CT molecular complexity index is 843. The topological polar surface area (TPSA) is 82.3 Å². The normalized spacial score (nSPS) is 10.4. The minimum absolute atomic E-state index is 0.146. The molecule has 3 aromatic rings. The molecule has 0 saturated heterocycles. The second-order valence-corrected chi connectivity index (χ2v) is 6.18. The van der Waals surface area contributed by atoms with E-state index in [-0.39, 0.29) is 17.9 Å². The van der Waals surface area contributed by atoms with E-state index >= 15 is 0 Å². The van der Waals surface area contributed by atoms with Gasteiger partial charge in [0.05, 0.1) is 16.2 Å². The largest absolute Gasteiger partial charge is 0.487 e. The second kappa shape index (κ2) is 6.67. The second-order valence-electron chi connectivity index (χ2n) is 4.54. The van der Waals surface area contributed by atoms with Gasteiger partial charge in [-0.3, -0.25) is 14.9 Å². The predicted molar refractivity (Wildman–Crippen MR) is 88.2 cm³/mol. The van der Waals surface area contributed by atoms with Crippen molar-refractivity contribution in [1.82, 2.24) is 4.98 Å². The van der Waals surface area contributed by atoms with Gasteiger partial charge in [0, 0.05) is 28.5 Å². The van der Waals surface area contributed by atoms with Crippen molar-refractivity contribution in [2.45, 2.75) is 6.61 Å². The van der Waals surface area contributed by atoms with E-state index in [1.165, 1.54) is 29.5 Å². The molecule has 0 unspecified atom stereocenters. The van der Waals surface area contributed by atoms with Gasteiger partial charge in [0.25, 0.3) is 5.69 Å². The number of aldehydes is 1. The Morgan fingerprint density at radius 2 is 2.17 bits per heavy atom. The SMILES string of the molecule is O=Cc1cc([N+](=O)[O-])ccc1OCc1csc(-c2ccsc2)n1. The molecule has 0 atom stereocenters. The molecule has 2 aromatic heterocycles. The number of non-ortho nitro benzene ring substituents is 1. The zero-order valence-electron chi connectivity index (χ0n) is 11.7. The molecule has 0 aliphatic rings. The molecular formula is C15H10N2O4S2. The van der Waals surface area contributed by atoms with Crippen LogP contribution in [0.4, 0.5) is 5.69 Å². The molecule has 0 bridgehead atoms. The van der Waals surface area contributed by atoms with E-state index in [1.54, 1.807) is 11.3 Å². The van der Waals surface area contributed by atoms with Crippen LogP contribution in [0.1, 0.15) is 16.1 Å². The third-order valence-corrected chi connectivity index (χ3v) is 4.65. The average molecular weight is 346 g/mol. The highest BCUT2D eigenvalue weighted by Gasteiger charge is 2.12. The number of aromatic nitrogens is 1. The van der Waals surface area contributed by atoms with E-state index < -0.39 is 4.92 Å². The lowest BCUT2D eigenvalue weighted by Crippen LogP contribution is -1.99. The number of hydrogen-bond acceptors (Lipinski definition) is 7. The van der Waals surface area contributed by atoms with E-state index in [1.807, 2.05) is 22.2 Å². The summed E-state index contributed by atoms with van der Waals surface area (Å²) >= 11 is 3.12. The van der Waals surface area contributed by atoms with Crippen LogP contribution in [0, 0.1) is 10.1 Å². The lowest BCUT2D eigenvalue weighted by atomic mass is 10.2. The van der Waals surface area contributed by atoms with Gasteiger partial charge >= 0.3 is 0 Å². The molecule has 2 heterocycles. The molecular weight excluding hydrogens is 336 g/mol. The summed E-state index contributed by atoms with van der Waals surface area (Å²) in [6.45, 7) is 0.194. The van der Waals surface area contributed by atoms with Crippen LogP contribution >= 0.6 is 22.7 Å². The Balaban J connectivity index is 1.73. The maximum atomic E-state index is 11.1. The smallest absolute Gasteiger partial charge is 0.270 e. The van der Waals surface area contributed by atoms with Gasteiger partial charge in [-0.05, 0) is 17.5 Å². The fourth-order valence-corrected chi connectivity index (χ4v) is 3.43. The fourth-order valence-electron chi connectivity index (χ4n) is 1.92. The molecule has 0 fully saturated rings. The summed E-state index contributed by atoms with van der Waals surface area (Å²) < 4.78 is 5.57. The third kappa shape index (κ3) is 3.43. The first kappa shape index (κ1) is 15.3. The van der Waals surface area contributed by atoms with Crippen molar-refractivity contribution < 1.29 is 14.5 Å². The quantitative estimate of drug-likeness (QED) is 0.380. The first-order valence-electron chi connectivity index (χ1n) is 6.51.